The van der Waals surface area contributed by atoms with Gasteiger partial charge in [0, 0.05) is 28.5 Å². The van der Waals surface area contributed by atoms with Crippen molar-refractivity contribution in [2.24, 2.45) is 0 Å². The van der Waals surface area contributed by atoms with Gasteiger partial charge in [-0.15, -0.1) is 0 Å². The average Bonchev–Trinajstić information content (AvgIpc) is 3.72. The number of benzene rings is 8. The van der Waals surface area contributed by atoms with E-state index in [9.17, 15) is 5.11 Å². The van der Waals surface area contributed by atoms with Crippen LogP contribution in [0.4, 0.5) is 0 Å². The molecule has 0 unspecified atom stereocenters. The first kappa shape index (κ1) is 46.4. The number of aromatic nitrogens is 3. The van der Waals surface area contributed by atoms with Gasteiger partial charge in [-0.25, -0.2) is 4.98 Å². The standard InChI is InChI=1S/C66H65N3O/c1-63(2,3)48-29-30-58(54(38-48)41-19-14-13-15-20-41)69-59-24-18-23-52(60(59)68-62(69)55-39-50(65(7,8)9)40-56(61(55)70)66(10,11)12)46-33-47(35-49(34-46)64(4,5)6)57-37-45(31-32-67-57)44-28-27-43-26-25-42-21-16-17-22-51(42)53(43)36-44/h13-40,70H,1-12H3. The minimum Gasteiger partial charge on any atom is -0.507 e. The predicted octanol–water partition coefficient (Wildman–Crippen LogP) is 18.0. The lowest BCUT2D eigenvalue weighted by atomic mass is 9.79. The lowest BCUT2D eigenvalue weighted by molar-refractivity contribution is 0.446. The molecule has 0 radical (unpaired) electrons. The summed E-state index contributed by atoms with van der Waals surface area (Å²) in [7, 11) is 0. The Hall–Kier alpha value is -7.30. The number of fused-ring (bicyclic) bond motifs is 4. The SMILES string of the molecule is CC(C)(C)c1cc(-c2cc(-c3ccc4ccc5ccccc5c4c3)ccn2)cc(-c2cccc3c2nc(-c2cc(C(C)(C)C)cc(C(C)(C)C)c2O)n3-c2ccc(C(C)(C)C)cc2-c2ccccc2)c1. The largest absolute Gasteiger partial charge is 0.507 e. The number of imidazole rings is 1. The zero-order chi connectivity index (χ0) is 49.5. The molecule has 10 aromatic rings. The van der Waals surface area contributed by atoms with E-state index in [0.29, 0.717) is 11.4 Å². The van der Waals surface area contributed by atoms with Crippen LogP contribution in [0.1, 0.15) is 105 Å². The number of aromatic hydroxyl groups is 1. The van der Waals surface area contributed by atoms with Crippen LogP contribution < -0.4 is 0 Å². The minimum absolute atomic E-state index is 0.0789. The van der Waals surface area contributed by atoms with E-state index >= 15 is 0 Å². The second-order valence-electron chi connectivity index (χ2n) is 23.4. The highest BCUT2D eigenvalue weighted by atomic mass is 16.3. The summed E-state index contributed by atoms with van der Waals surface area (Å²) in [5, 5.41) is 17.6. The van der Waals surface area contributed by atoms with Crippen molar-refractivity contribution in [3.63, 3.8) is 0 Å². The molecule has 0 spiro atoms. The summed E-state index contributed by atoms with van der Waals surface area (Å²) in [5.41, 5.74) is 15.8. The quantitative estimate of drug-likeness (QED) is 0.169. The van der Waals surface area contributed by atoms with E-state index in [4.69, 9.17) is 9.97 Å². The van der Waals surface area contributed by atoms with E-state index < -0.39 is 0 Å². The Bertz CT molecular complexity index is 3640. The van der Waals surface area contributed by atoms with Crippen molar-refractivity contribution in [1.82, 2.24) is 14.5 Å². The molecular formula is C66H65N3O. The summed E-state index contributed by atoms with van der Waals surface area (Å²) >= 11 is 0. The van der Waals surface area contributed by atoms with Crippen molar-refractivity contribution in [3.8, 4) is 67.5 Å². The van der Waals surface area contributed by atoms with E-state index in [0.717, 1.165) is 72.5 Å². The molecular weight excluding hydrogens is 851 g/mol. The number of hydrogen-bond acceptors (Lipinski definition) is 3. The lowest BCUT2D eigenvalue weighted by Gasteiger charge is -2.28. The third kappa shape index (κ3) is 8.59. The Morgan fingerprint density at radius 1 is 0.414 bits per heavy atom. The topological polar surface area (TPSA) is 50.9 Å². The second-order valence-corrected chi connectivity index (χ2v) is 23.4. The Kier molecular flexibility index (Phi) is 11.3. The Morgan fingerprint density at radius 2 is 1.04 bits per heavy atom. The molecule has 350 valence electrons. The number of rotatable bonds is 6. The molecule has 2 aromatic heterocycles. The van der Waals surface area contributed by atoms with Crippen LogP contribution in [0.3, 0.4) is 0 Å². The molecule has 1 N–H and O–H groups in total. The van der Waals surface area contributed by atoms with Crippen molar-refractivity contribution in [1.29, 1.82) is 0 Å². The van der Waals surface area contributed by atoms with Crippen LogP contribution in [0.5, 0.6) is 5.75 Å². The number of pyridine rings is 1. The highest BCUT2D eigenvalue weighted by molar-refractivity contribution is 6.08. The molecule has 0 saturated heterocycles. The molecule has 0 atom stereocenters. The fraction of sp³-hybridized carbons (Fsp3) is 0.242. The van der Waals surface area contributed by atoms with Crippen LogP contribution in [-0.2, 0) is 21.7 Å². The van der Waals surface area contributed by atoms with Crippen molar-refractivity contribution in [2.45, 2.75) is 105 Å². The van der Waals surface area contributed by atoms with Crippen molar-refractivity contribution in [3.05, 3.63) is 192 Å². The summed E-state index contributed by atoms with van der Waals surface area (Å²) < 4.78 is 2.30. The molecule has 0 amide bonds. The van der Waals surface area contributed by atoms with Crippen LogP contribution >= 0.6 is 0 Å². The van der Waals surface area contributed by atoms with Crippen molar-refractivity contribution in [2.75, 3.05) is 0 Å². The molecule has 0 saturated carbocycles. The highest BCUT2D eigenvalue weighted by Crippen LogP contribution is 2.46. The average molecular weight is 916 g/mol. The number of hydrogen-bond donors (Lipinski definition) is 1. The lowest BCUT2D eigenvalue weighted by Crippen LogP contribution is -2.17. The van der Waals surface area contributed by atoms with Crippen LogP contribution in [-0.4, -0.2) is 19.6 Å². The maximum Gasteiger partial charge on any atom is 0.149 e. The molecule has 0 bridgehead atoms. The van der Waals surface area contributed by atoms with Crippen molar-refractivity contribution < 1.29 is 5.11 Å². The second kappa shape index (κ2) is 17.0. The van der Waals surface area contributed by atoms with Gasteiger partial charge in [0.05, 0.1) is 28.0 Å². The van der Waals surface area contributed by atoms with Gasteiger partial charge in [-0.05, 0) is 137 Å². The molecule has 0 aliphatic rings. The summed E-state index contributed by atoms with van der Waals surface area (Å²) in [6.07, 6.45) is 1.94. The fourth-order valence-electron chi connectivity index (χ4n) is 9.93. The van der Waals surface area contributed by atoms with Gasteiger partial charge >= 0.3 is 0 Å². The third-order valence-corrected chi connectivity index (χ3v) is 14.1. The normalized spacial score (nSPS) is 12.6. The molecule has 8 aromatic carbocycles. The maximum atomic E-state index is 12.6. The molecule has 0 aliphatic heterocycles. The van der Waals surface area contributed by atoms with Gasteiger partial charge in [0.2, 0.25) is 0 Å². The van der Waals surface area contributed by atoms with Gasteiger partial charge < -0.3 is 5.11 Å². The van der Waals surface area contributed by atoms with Crippen LogP contribution in [0, 0.1) is 0 Å². The van der Waals surface area contributed by atoms with Gasteiger partial charge in [-0.2, -0.15) is 0 Å². The van der Waals surface area contributed by atoms with E-state index in [1.807, 2.05) is 6.20 Å². The van der Waals surface area contributed by atoms with Gasteiger partial charge in [0.1, 0.15) is 11.6 Å². The first-order chi connectivity index (χ1) is 33.1. The Labute approximate surface area is 414 Å². The smallest absolute Gasteiger partial charge is 0.149 e. The van der Waals surface area contributed by atoms with Gasteiger partial charge in [-0.3, -0.25) is 9.55 Å². The summed E-state index contributed by atoms with van der Waals surface area (Å²) in [6, 6.07) is 59.5. The number of phenols is 1. The fourth-order valence-corrected chi connectivity index (χ4v) is 9.93. The predicted molar refractivity (Wildman–Crippen MR) is 298 cm³/mol. The summed E-state index contributed by atoms with van der Waals surface area (Å²) in [6.45, 7) is 26.9. The zero-order valence-electron chi connectivity index (χ0n) is 43.0. The molecule has 10 rings (SSSR count). The molecule has 2 heterocycles. The van der Waals surface area contributed by atoms with Crippen LogP contribution in [0.15, 0.2) is 170 Å². The van der Waals surface area contributed by atoms with Gasteiger partial charge in [-0.1, -0.05) is 192 Å². The van der Waals surface area contributed by atoms with Gasteiger partial charge in [0.15, 0.2) is 0 Å². The molecule has 0 fully saturated rings. The minimum atomic E-state index is -0.330. The number of para-hydroxylation sites is 1. The maximum absolute atomic E-state index is 12.6. The first-order valence-electron chi connectivity index (χ1n) is 24.8. The van der Waals surface area contributed by atoms with E-state index in [2.05, 4.69) is 251 Å². The van der Waals surface area contributed by atoms with E-state index in [1.54, 1.807) is 0 Å². The van der Waals surface area contributed by atoms with Crippen LogP contribution in [0.25, 0.3) is 94.3 Å². The monoisotopic (exact) mass is 916 g/mol. The number of phenolic OH excluding ortho intramolecular Hbond substituents is 1. The van der Waals surface area contributed by atoms with Crippen LogP contribution in [0.2, 0.25) is 0 Å². The Balaban J connectivity index is 1.23. The molecule has 0 aliphatic carbocycles. The Morgan fingerprint density at radius 3 is 1.76 bits per heavy atom. The van der Waals surface area contributed by atoms with E-state index in [-0.39, 0.29) is 27.4 Å². The first-order valence-corrected chi connectivity index (χ1v) is 24.8. The van der Waals surface area contributed by atoms with Gasteiger partial charge in [0.25, 0.3) is 0 Å². The molecule has 70 heavy (non-hydrogen) atoms. The zero-order valence-corrected chi connectivity index (χ0v) is 43.0. The van der Waals surface area contributed by atoms with Crippen molar-refractivity contribution >= 4 is 32.6 Å². The highest BCUT2D eigenvalue weighted by Gasteiger charge is 2.30. The summed E-state index contributed by atoms with van der Waals surface area (Å²) in [5.74, 6) is 0.954. The third-order valence-electron chi connectivity index (χ3n) is 14.1. The van der Waals surface area contributed by atoms with E-state index in [1.165, 1.54) is 32.7 Å². The molecule has 4 heteroatoms. The number of nitrogens with zero attached hydrogens (tertiary/aromatic N) is 3. The molecule has 4 nitrogen and oxygen atoms in total. The summed E-state index contributed by atoms with van der Waals surface area (Å²) in [4.78, 5) is 10.8.